The fourth-order valence-corrected chi connectivity index (χ4v) is 6.39. The lowest BCUT2D eigenvalue weighted by atomic mass is 10.2. The van der Waals surface area contributed by atoms with E-state index in [1.165, 1.54) is 21.7 Å². The summed E-state index contributed by atoms with van der Waals surface area (Å²) in [4.78, 5) is 23.4. The minimum absolute atomic E-state index is 0.0322. The Morgan fingerprint density at radius 3 is 2.91 bits per heavy atom. The molecule has 1 amide bonds. The van der Waals surface area contributed by atoms with Crippen LogP contribution in [0.1, 0.15) is 15.4 Å². The smallest absolute Gasteiger partial charge is 0.265 e. The molecule has 4 heterocycles. The summed E-state index contributed by atoms with van der Waals surface area (Å²) in [7, 11) is -3.51. The molecule has 1 unspecified atom stereocenters. The van der Waals surface area contributed by atoms with Crippen molar-refractivity contribution in [3.05, 3.63) is 27.0 Å². The average molecular weight is 518 g/mol. The van der Waals surface area contributed by atoms with Gasteiger partial charge in [-0.1, -0.05) is 23.4 Å². The third-order valence-electron chi connectivity index (χ3n) is 4.71. The number of aromatic nitrogens is 4. The van der Waals surface area contributed by atoms with Crippen LogP contribution in [0.25, 0.3) is 5.78 Å². The number of thiophene rings is 1. The van der Waals surface area contributed by atoms with E-state index in [4.69, 9.17) is 21.1 Å². The van der Waals surface area contributed by atoms with E-state index in [9.17, 15) is 13.2 Å². The van der Waals surface area contributed by atoms with Crippen molar-refractivity contribution in [3.63, 3.8) is 0 Å². The van der Waals surface area contributed by atoms with E-state index < -0.39 is 9.84 Å². The van der Waals surface area contributed by atoms with Crippen molar-refractivity contribution in [3.8, 4) is 5.88 Å². The number of aryl methyl sites for hydroxylation is 1. The summed E-state index contributed by atoms with van der Waals surface area (Å²) in [5, 5.41) is 6.31. The molecule has 0 spiro atoms. The van der Waals surface area contributed by atoms with Crippen molar-refractivity contribution in [2.75, 3.05) is 38.8 Å². The largest absolute Gasteiger partial charge is 0.475 e. The van der Waals surface area contributed by atoms with Gasteiger partial charge in [0, 0.05) is 29.9 Å². The van der Waals surface area contributed by atoms with Gasteiger partial charge < -0.3 is 14.4 Å². The molecule has 4 rings (SSSR count). The van der Waals surface area contributed by atoms with E-state index in [2.05, 4.69) is 15.1 Å². The van der Waals surface area contributed by atoms with Crippen LogP contribution >= 0.6 is 34.7 Å². The summed E-state index contributed by atoms with van der Waals surface area (Å²) >= 11 is 8.62. The molecule has 172 valence electrons. The molecule has 0 aromatic carbocycles. The first-order valence-electron chi connectivity index (χ1n) is 9.46. The number of sulfone groups is 1. The number of morpholine rings is 1. The van der Waals surface area contributed by atoms with Crippen LogP contribution in [0.2, 0.25) is 5.02 Å². The molecular formula is C18H20ClN5O5S3. The van der Waals surface area contributed by atoms with Crippen LogP contribution in [0, 0.1) is 6.92 Å². The van der Waals surface area contributed by atoms with Gasteiger partial charge in [0.1, 0.15) is 17.6 Å². The molecule has 3 aromatic heterocycles. The van der Waals surface area contributed by atoms with Gasteiger partial charge in [0.15, 0.2) is 9.84 Å². The minimum Gasteiger partial charge on any atom is -0.475 e. The van der Waals surface area contributed by atoms with Crippen LogP contribution < -0.4 is 4.74 Å². The van der Waals surface area contributed by atoms with Crippen molar-refractivity contribution in [2.45, 2.75) is 23.1 Å². The highest BCUT2D eigenvalue weighted by molar-refractivity contribution is 7.98. The zero-order chi connectivity index (χ0) is 23.0. The number of carbonyl (C=O) groups excluding carboxylic acids is 1. The van der Waals surface area contributed by atoms with Crippen LogP contribution in [0.15, 0.2) is 21.5 Å². The van der Waals surface area contributed by atoms with Crippen molar-refractivity contribution in [1.29, 1.82) is 0 Å². The molecule has 0 radical (unpaired) electrons. The van der Waals surface area contributed by atoms with Crippen LogP contribution in [0.5, 0.6) is 5.88 Å². The lowest BCUT2D eigenvalue weighted by Gasteiger charge is -2.32. The third kappa shape index (κ3) is 4.71. The molecule has 14 heteroatoms. The molecule has 1 atom stereocenters. The first-order valence-corrected chi connectivity index (χ1v) is 13.8. The molecule has 10 nitrogen and oxygen atoms in total. The van der Waals surface area contributed by atoms with E-state index >= 15 is 0 Å². The number of thioether (sulfide) groups is 1. The normalized spacial score (nSPS) is 17.1. The second-order valence-electron chi connectivity index (χ2n) is 7.12. The summed E-state index contributed by atoms with van der Waals surface area (Å²) in [6, 6.07) is 1.76. The van der Waals surface area contributed by atoms with Gasteiger partial charge in [0.25, 0.3) is 11.7 Å². The maximum absolute atomic E-state index is 13.0. The molecule has 3 aromatic rings. The van der Waals surface area contributed by atoms with Gasteiger partial charge >= 0.3 is 0 Å². The second-order valence-corrected chi connectivity index (χ2v) is 11.1. The highest BCUT2D eigenvalue weighted by Gasteiger charge is 2.30. The fraction of sp³-hybridized carbons (Fsp3) is 0.444. The Labute approximate surface area is 197 Å². The van der Waals surface area contributed by atoms with Gasteiger partial charge in [0.2, 0.25) is 11.0 Å². The lowest BCUT2D eigenvalue weighted by Crippen LogP contribution is -2.47. The number of rotatable bonds is 6. The number of halogens is 1. The van der Waals surface area contributed by atoms with E-state index in [1.54, 1.807) is 11.0 Å². The Hall–Kier alpha value is -1.93. The van der Waals surface area contributed by atoms with E-state index in [0.717, 1.165) is 23.3 Å². The van der Waals surface area contributed by atoms with E-state index in [1.807, 2.05) is 13.2 Å². The van der Waals surface area contributed by atoms with Gasteiger partial charge in [-0.2, -0.15) is 9.50 Å². The predicted octanol–water partition coefficient (Wildman–Crippen LogP) is 2.19. The van der Waals surface area contributed by atoms with Crippen LogP contribution in [-0.2, 0) is 14.6 Å². The summed E-state index contributed by atoms with van der Waals surface area (Å²) in [6.45, 7) is 3.00. The number of carbonyl (C=O) groups is 1. The number of hydrogen-bond acceptors (Lipinski definition) is 10. The highest BCUT2D eigenvalue weighted by atomic mass is 35.5. The molecule has 0 bridgehead atoms. The molecule has 0 aliphatic carbocycles. The van der Waals surface area contributed by atoms with Gasteiger partial charge in [-0.3, -0.25) is 4.79 Å². The van der Waals surface area contributed by atoms with Crippen LogP contribution in [0.4, 0.5) is 0 Å². The topological polar surface area (TPSA) is 116 Å². The third-order valence-corrected chi connectivity index (χ3v) is 8.10. The Morgan fingerprint density at radius 2 is 2.22 bits per heavy atom. The number of nitrogens with zero attached hydrogens (tertiary/aromatic N) is 5. The van der Waals surface area contributed by atoms with E-state index in [0.29, 0.717) is 30.0 Å². The molecule has 0 N–H and O–H groups in total. The summed E-state index contributed by atoms with van der Waals surface area (Å²) in [5.74, 6) is 0.595. The fourth-order valence-electron chi connectivity index (χ4n) is 3.17. The van der Waals surface area contributed by atoms with Crippen molar-refractivity contribution in [1.82, 2.24) is 24.5 Å². The molecule has 1 aliphatic heterocycles. The molecule has 1 saturated heterocycles. The minimum atomic E-state index is -3.51. The van der Waals surface area contributed by atoms with Gasteiger partial charge in [-0.25, -0.2) is 13.4 Å². The van der Waals surface area contributed by atoms with Crippen LogP contribution in [-0.4, -0.2) is 83.7 Å². The van der Waals surface area contributed by atoms with Gasteiger partial charge in [-0.05, 0) is 13.2 Å². The number of amides is 1. The van der Waals surface area contributed by atoms with Gasteiger partial charge in [-0.15, -0.1) is 16.4 Å². The Bertz CT molecular complexity index is 1280. The highest BCUT2D eigenvalue weighted by Crippen LogP contribution is 2.32. The lowest BCUT2D eigenvalue weighted by molar-refractivity contribution is -0.0409. The summed E-state index contributed by atoms with van der Waals surface area (Å²) in [5.41, 5.74) is 0.739. The van der Waals surface area contributed by atoms with Crippen molar-refractivity contribution < 1.29 is 22.7 Å². The summed E-state index contributed by atoms with van der Waals surface area (Å²) < 4.78 is 36.9. The van der Waals surface area contributed by atoms with E-state index in [-0.39, 0.29) is 40.0 Å². The predicted molar refractivity (Wildman–Crippen MR) is 121 cm³/mol. The zero-order valence-electron chi connectivity index (χ0n) is 17.4. The maximum Gasteiger partial charge on any atom is 0.265 e. The number of fused-ring (bicyclic) bond motifs is 1. The average Bonchev–Trinajstić information content (AvgIpc) is 3.34. The molecule has 1 fully saturated rings. The van der Waals surface area contributed by atoms with Gasteiger partial charge in [0.05, 0.1) is 23.1 Å². The Morgan fingerprint density at radius 1 is 1.44 bits per heavy atom. The molecular weight excluding hydrogens is 498 g/mol. The first-order chi connectivity index (χ1) is 15.2. The second kappa shape index (κ2) is 9.14. The Balaban J connectivity index is 1.46. The van der Waals surface area contributed by atoms with Crippen molar-refractivity contribution in [2.24, 2.45) is 0 Å². The molecule has 1 aliphatic rings. The number of hydrogen-bond donors (Lipinski definition) is 0. The SMILES string of the molecule is CSc1nc2nc(C)cc(OCC3CN(C(=O)c4scc(S(C)(=O)=O)c4Cl)CCO3)n2n1. The Kier molecular flexibility index (Phi) is 6.63. The number of ether oxygens (including phenoxy) is 2. The molecule has 0 saturated carbocycles. The quantitative estimate of drug-likeness (QED) is 0.453. The molecule has 32 heavy (non-hydrogen) atoms. The maximum atomic E-state index is 13.0. The standard InChI is InChI=1S/C18H20ClN5O5S3/c1-10-6-13(24-17(20-10)21-18(22-24)30-2)29-8-11-7-23(4-5-28-11)16(25)15-14(19)12(9-31-15)32(3,26)27/h6,9,11H,4-5,7-8H2,1-3H3. The first kappa shape index (κ1) is 23.2. The monoisotopic (exact) mass is 517 g/mol. The van der Waals surface area contributed by atoms with Crippen molar-refractivity contribution >= 4 is 56.2 Å². The summed E-state index contributed by atoms with van der Waals surface area (Å²) in [6.07, 6.45) is 2.56. The zero-order valence-corrected chi connectivity index (χ0v) is 20.6. The van der Waals surface area contributed by atoms with Crippen LogP contribution in [0.3, 0.4) is 0 Å².